The van der Waals surface area contributed by atoms with Crippen LogP contribution in [0, 0.1) is 0 Å². The van der Waals surface area contributed by atoms with Gasteiger partial charge >= 0.3 is 5.97 Å². The van der Waals surface area contributed by atoms with Crippen LogP contribution in [-0.4, -0.2) is 34.2 Å². The minimum atomic E-state index is -1.04. The Morgan fingerprint density at radius 1 is 0.905 bits per heavy atom. The first-order chi connectivity index (χ1) is 9.90. The van der Waals surface area contributed by atoms with Gasteiger partial charge in [0.25, 0.3) is 5.91 Å². The smallest absolute Gasteiger partial charge is 0.335 e. The lowest BCUT2D eigenvalue weighted by atomic mass is 10.1. The zero-order chi connectivity index (χ0) is 15.6. The topological polar surface area (TPSA) is 98.1 Å². The molecule has 108 valence electrons. The number of hydrogen-bond acceptors (Lipinski definition) is 4. The first kappa shape index (κ1) is 14.4. The van der Waals surface area contributed by atoms with E-state index in [1.165, 1.54) is 54.4 Å². The summed E-state index contributed by atoms with van der Waals surface area (Å²) >= 11 is 0. The lowest BCUT2D eigenvalue weighted by Crippen LogP contribution is -2.26. The number of aromatic carboxylic acids is 1. The summed E-state index contributed by atoms with van der Waals surface area (Å²) in [5.41, 5.74) is 0.842. The van der Waals surface area contributed by atoms with Gasteiger partial charge in [0.05, 0.1) is 5.56 Å². The molecule has 0 unspecified atom stereocenters. The zero-order valence-corrected chi connectivity index (χ0v) is 11.1. The lowest BCUT2D eigenvalue weighted by Gasteiger charge is -2.17. The number of carboxylic acid groups (broad SMARTS) is 1. The van der Waals surface area contributed by atoms with Crippen LogP contribution in [-0.2, 0) is 0 Å². The molecule has 2 aromatic carbocycles. The highest BCUT2D eigenvalue weighted by atomic mass is 16.4. The van der Waals surface area contributed by atoms with Crippen molar-refractivity contribution in [2.75, 3.05) is 11.9 Å². The fraction of sp³-hybridized carbons (Fsp3) is 0.0667. The van der Waals surface area contributed by atoms with Crippen LogP contribution in [0.1, 0.15) is 20.7 Å². The molecular formula is C15H13NO5. The van der Waals surface area contributed by atoms with E-state index in [1.807, 2.05) is 0 Å². The summed E-state index contributed by atoms with van der Waals surface area (Å²) in [4.78, 5) is 24.3. The number of phenols is 2. The van der Waals surface area contributed by atoms with Crippen LogP contribution in [0.2, 0.25) is 0 Å². The monoisotopic (exact) mass is 287 g/mol. The van der Waals surface area contributed by atoms with Crippen LogP contribution in [0.25, 0.3) is 0 Å². The van der Waals surface area contributed by atoms with Crippen molar-refractivity contribution in [3.63, 3.8) is 0 Å². The molecule has 0 saturated heterocycles. The van der Waals surface area contributed by atoms with Gasteiger partial charge in [-0.3, -0.25) is 4.79 Å². The first-order valence-electron chi connectivity index (χ1n) is 6.03. The van der Waals surface area contributed by atoms with Crippen molar-refractivity contribution in [3.05, 3.63) is 53.6 Å². The number of carbonyl (C=O) groups is 2. The van der Waals surface area contributed by atoms with Crippen LogP contribution in [0.15, 0.2) is 42.5 Å². The lowest BCUT2D eigenvalue weighted by molar-refractivity contribution is 0.0696. The molecule has 3 N–H and O–H groups in total. The van der Waals surface area contributed by atoms with Crippen molar-refractivity contribution in [1.29, 1.82) is 0 Å². The third-order valence-electron chi connectivity index (χ3n) is 3.03. The number of aromatic hydroxyl groups is 2. The van der Waals surface area contributed by atoms with Gasteiger partial charge in [0, 0.05) is 18.3 Å². The van der Waals surface area contributed by atoms with Gasteiger partial charge in [0.2, 0.25) is 0 Å². The fourth-order valence-electron chi connectivity index (χ4n) is 1.79. The number of anilines is 1. The summed E-state index contributed by atoms with van der Waals surface area (Å²) < 4.78 is 0. The van der Waals surface area contributed by atoms with E-state index in [2.05, 4.69) is 0 Å². The molecule has 2 aromatic rings. The molecule has 0 radical (unpaired) electrons. The standard InChI is InChI=1S/C15H13NO5/c1-16(11-5-2-9(3-6-11)15(20)21)14(19)10-4-7-12(17)13(18)8-10/h2-8,17-18H,1H3,(H,20,21). The molecule has 0 aliphatic carbocycles. The maximum absolute atomic E-state index is 12.2. The summed E-state index contributed by atoms with van der Waals surface area (Å²) in [7, 11) is 1.53. The maximum atomic E-state index is 12.2. The van der Waals surface area contributed by atoms with Gasteiger partial charge in [-0.2, -0.15) is 0 Å². The van der Waals surface area contributed by atoms with Gasteiger partial charge in [-0.25, -0.2) is 4.79 Å². The van der Waals surface area contributed by atoms with E-state index in [-0.39, 0.29) is 22.6 Å². The minimum Gasteiger partial charge on any atom is -0.504 e. The van der Waals surface area contributed by atoms with Crippen LogP contribution < -0.4 is 4.90 Å². The molecule has 0 spiro atoms. The van der Waals surface area contributed by atoms with Crippen molar-refractivity contribution in [3.8, 4) is 11.5 Å². The molecule has 1 amide bonds. The van der Waals surface area contributed by atoms with E-state index in [0.717, 1.165) is 0 Å². The summed E-state index contributed by atoms with van der Waals surface area (Å²) in [6.45, 7) is 0. The second-order valence-electron chi connectivity index (χ2n) is 4.42. The van der Waals surface area contributed by atoms with Gasteiger partial charge in [0.1, 0.15) is 0 Å². The normalized spacial score (nSPS) is 10.1. The third kappa shape index (κ3) is 2.94. The molecule has 0 fully saturated rings. The van der Waals surface area contributed by atoms with Crippen molar-refractivity contribution >= 4 is 17.6 Å². The zero-order valence-electron chi connectivity index (χ0n) is 11.1. The molecule has 0 bridgehead atoms. The van der Waals surface area contributed by atoms with E-state index < -0.39 is 11.9 Å². The molecule has 6 heteroatoms. The summed E-state index contributed by atoms with van der Waals surface area (Å²) in [5, 5.41) is 27.5. The Labute approximate surface area is 120 Å². The number of hydrogen-bond donors (Lipinski definition) is 3. The van der Waals surface area contributed by atoms with E-state index in [0.29, 0.717) is 5.69 Å². The number of phenolic OH excluding ortho intramolecular Hbond substituents is 2. The number of carbonyl (C=O) groups excluding carboxylic acids is 1. The van der Waals surface area contributed by atoms with Crippen LogP contribution in [0.5, 0.6) is 11.5 Å². The third-order valence-corrected chi connectivity index (χ3v) is 3.03. The van der Waals surface area contributed by atoms with E-state index >= 15 is 0 Å². The highest BCUT2D eigenvalue weighted by Gasteiger charge is 2.15. The van der Waals surface area contributed by atoms with Crippen molar-refractivity contribution in [1.82, 2.24) is 0 Å². The number of nitrogens with zero attached hydrogens (tertiary/aromatic N) is 1. The molecule has 21 heavy (non-hydrogen) atoms. The van der Waals surface area contributed by atoms with Crippen LogP contribution in [0.3, 0.4) is 0 Å². The highest BCUT2D eigenvalue weighted by Crippen LogP contribution is 2.26. The molecule has 0 aliphatic rings. The van der Waals surface area contributed by atoms with Gasteiger partial charge in [-0.1, -0.05) is 0 Å². The maximum Gasteiger partial charge on any atom is 0.335 e. The van der Waals surface area contributed by atoms with Gasteiger partial charge < -0.3 is 20.2 Å². The predicted molar refractivity (Wildman–Crippen MR) is 75.9 cm³/mol. The van der Waals surface area contributed by atoms with Crippen LogP contribution >= 0.6 is 0 Å². The SMILES string of the molecule is CN(C(=O)c1ccc(O)c(O)c1)c1ccc(C(=O)O)cc1. The molecule has 2 rings (SSSR count). The summed E-state index contributed by atoms with van der Waals surface area (Å²) in [5.74, 6) is -2.12. The molecule has 0 heterocycles. The Balaban J connectivity index is 2.25. The van der Waals surface area contributed by atoms with Crippen molar-refractivity contribution in [2.24, 2.45) is 0 Å². The quantitative estimate of drug-likeness (QED) is 0.751. The second-order valence-corrected chi connectivity index (χ2v) is 4.42. The summed E-state index contributed by atoms with van der Waals surface area (Å²) in [6.07, 6.45) is 0. The van der Waals surface area contributed by atoms with Crippen LogP contribution in [0.4, 0.5) is 5.69 Å². The number of benzene rings is 2. The Kier molecular flexibility index (Phi) is 3.80. The molecule has 0 aliphatic heterocycles. The average molecular weight is 287 g/mol. The number of carboxylic acids is 1. The Bertz CT molecular complexity index is 694. The highest BCUT2D eigenvalue weighted by molar-refractivity contribution is 6.06. The minimum absolute atomic E-state index is 0.127. The number of rotatable bonds is 3. The van der Waals surface area contributed by atoms with Gasteiger partial charge in [0.15, 0.2) is 11.5 Å². The van der Waals surface area contributed by atoms with E-state index in [4.69, 9.17) is 5.11 Å². The summed E-state index contributed by atoms with van der Waals surface area (Å²) in [6, 6.07) is 9.61. The van der Waals surface area contributed by atoms with Crippen molar-refractivity contribution in [2.45, 2.75) is 0 Å². The molecule has 6 nitrogen and oxygen atoms in total. The second kappa shape index (κ2) is 5.54. The van der Waals surface area contributed by atoms with Gasteiger partial charge in [-0.05, 0) is 42.5 Å². The van der Waals surface area contributed by atoms with E-state index in [9.17, 15) is 19.8 Å². The van der Waals surface area contributed by atoms with Crippen molar-refractivity contribution < 1.29 is 24.9 Å². The van der Waals surface area contributed by atoms with E-state index in [1.54, 1.807) is 0 Å². The average Bonchev–Trinajstić information content (AvgIpc) is 2.48. The Morgan fingerprint density at radius 2 is 1.48 bits per heavy atom. The molecular weight excluding hydrogens is 274 g/mol. The Hall–Kier alpha value is -3.02. The fourth-order valence-corrected chi connectivity index (χ4v) is 1.79. The largest absolute Gasteiger partial charge is 0.504 e. The molecule has 0 saturated carbocycles. The molecule has 0 atom stereocenters. The predicted octanol–water partition coefficient (Wildman–Crippen LogP) is 2.07. The molecule has 0 aromatic heterocycles. The van der Waals surface area contributed by atoms with Gasteiger partial charge in [-0.15, -0.1) is 0 Å². The first-order valence-corrected chi connectivity index (χ1v) is 6.03. The Morgan fingerprint density at radius 3 is 2.00 bits per heavy atom. The number of amides is 1.